The molecule has 0 aromatic carbocycles. The number of piperazine rings is 2. The highest BCUT2D eigenvalue weighted by Crippen LogP contribution is 2.08. The van der Waals surface area contributed by atoms with Crippen LogP contribution in [0.15, 0.2) is 0 Å². The zero-order valence-electron chi connectivity index (χ0n) is 10.8. The van der Waals surface area contributed by atoms with Gasteiger partial charge in [-0.1, -0.05) is 0 Å². The summed E-state index contributed by atoms with van der Waals surface area (Å²) in [6, 6.07) is -0.414. The third-order valence-electron chi connectivity index (χ3n) is 3.33. The van der Waals surface area contributed by atoms with Crippen molar-refractivity contribution >= 4 is 21.8 Å². The van der Waals surface area contributed by atoms with Crippen molar-refractivity contribution in [1.82, 2.24) is 19.8 Å². The van der Waals surface area contributed by atoms with E-state index in [2.05, 4.69) is 10.6 Å². The maximum absolute atomic E-state index is 12.2. The predicted molar refractivity (Wildman–Crippen MR) is 67.8 cm³/mol. The lowest BCUT2D eigenvalue weighted by molar-refractivity contribution is -0.136. The van der Waals surface area contributed by atoms with E-state index >= 15 is 0 Å². The fourth-order valence-electron chi connectivity index (χ4n) is 2.20. The smallest absolute Gasteiger partial charge is 0.241 e. The van der Waals surface area contributed by atoms with Crippen LogP contribution in [0.4, 0.5) is 0 Å². The quantitative estimate of drug-likeness (QED) is 0.571. The minimum Gasteiger partial charge on any atom is -0.353 e. The minimum atomic E-state index is -3.18. The van der Waals surface area contributed by atoms with Gasteiger partial charge in [-0.3, -0.25) is 14.9 Å². The molecule has 8 nitrogen and oxygen atoms in total. The molecule has 2 aliphatic heterocycles. The molecule has 0 aromatic heterocycles. The predicted octanol–water partition coefficient (Wildman–Crippen LogP) is -2.82. The minimum absolute atomic E-state index is 0.0897. The molecule has 1 atom stereocenters. The van der Waals surface area contributed by atoms with Crippen LogP contribution < -0.4 is 10.6 Å². The molecule has 2 fully saturated rings. The molecule has 9 heteroatoms. The lowest BCUT2D eigenvalue weighted by Gasteiger charge is -2.36. The summed E-state index contributed by atoms with van der Waals surface area (Å²) in [4.78, 5) is 24.8. The van der Waals surface area contributed by atoms with E-state index in [1.807, 2.05) is 0 Å². The molecule has 0 radical (unpaired) electrons. The number of hydrogen-bond donors (Lipinski definition) is 2. The van der Waals surface area contributed by atoms with Gasteiger partial charge in [0, 0.05) is 32.7 Å². The maximum Gasteiger partial charge on any atom is 0.241 e. The van der Waals surface area contributed by atoms with E-state index in [4.69, 9.17) is 0 Å². The second kappa shape index (κ2) is 5.43. The first-order valence-electron chi connectivity index (χ1n) is 6.12. The van der Waals surface area contributed by atoms with E-state index in [1.54, 1.807) is 4.90 Å². The van der Waals surface area contributed by atoms with Gasteiger partial charge in [0.15, 0.2) is 0 Å². The lowest BCUT2D eigenvalue weighted by atomic mass is 10.2. The molecule has 2 rings (SSSR count). The molecule has 2 N–H and O–H groups in total. The van der Waals surface area contributed by atoms with Gasteiger partial charge in [0.25, 0.3) is 0 Å². The number of hydrogen-bond acceptors (Lipinski definition) is 5. The van der Waals surface area contributed by atoms with Gasteiger partial charge in [0.05, 0.1) is 12.8 Å². The largest absolute Gasteiger partial charge is 0.353 e. The van der Waals surface area contributed by atoms with E-state index in [9.17, 15) is 18.0 Å². The molecule has 108 valence electrons. The highest BCUT2D eigenvalue weighted by molar-refractivity contribution is 7.88. The van der Waals surface area contributed by atoms with Crippen LogP contribution in [0.5, 0.6) is 0 Å². The van der Waals surface area contributed by atoms with Gasteiger partial charge in [-0.15, -0.1) is 0 Å². The molecule has 2 heterocycles. The summed E-state index contributed by atoms with van der Waals surface area (Å²) in [5.74, 6) is -0.209. The third-order valence-corrected chi connectivity index (χ3v) is 4.63. The summed E-state index contributed by atoms with van der Waals surface area (Å²) < 4.78 is 24.1. The van der Waals surface area contributed by atoms with E-state index in [1.165, 1.54) is 10.6 Å². The topological polar surface area (TPSA) is 98.8 Å². The monoisotopic (exact) mass is 290 g/mol. The number of nitrogens with zero attached hydrogens (tertiary/aromatic N) is 2. The second-order valence-electron chi connectivity index (χ2n) is 4.72. The van der Waals surface area contributed by atoms with E-state index < -0.39 is 16.1 Å². The van der Waals surface area contributed by atoms with Gasteiger partial charge >= 0.3 is 0 Å². The van der Waals surface area contributed by atoms with Crippen molar-refractivity contribution < 1.29 is 18.0 Å². The summed E-state index contributed by atoms with van der Waals surface area (Å²) in [7, 11) is -3.18. The Hall–Kier alpha value is -1.19. The van der Waals surface area contributed by atoms with Crippen LogP contribution in [0.25, 0.3) is 0 Å². The zero-order chi connectivity index (χ0) is 14.0. The molecule has 0 bridgehead atoms. The lowest BCUT2D eigenvalue weighted by Crippen LogP contribution is -2.61. The first kappa shape index (κ1) is 14.2. The van der Waals surface area contributed by atoms with Gasteiger partial charge in [-0.05, 0) is 0 Å². The number of amides is 2. The van der Waals surface area contributed by atoms with Crippen molar-refractivity contribution in [1.29, 1.82) is 0 Å². The van der Waals surface area contributed by atoms with Crippen molar-refractivity contribution in [2.75, 3.05) is 45.5 Å². The Labute approximate surface area is 112 Å². The zero-order valence-corrected chi connectivity index (χ0v) is 11.6. The van der Waals surface area contributed by atoms with Crippen molar-refractivity contribution in [2.24, 2.45) is 0 Å². The second-order valence-corrected chi connectivity index (χ2v) is 6.71. The van der Waals surface area contributed by atoms with Crippen molar-refractivity contribution in [3.05, 3.63) is 0 Å². The van der Waals surface area contributed by atoms with Crippen LogP contribution in [0.2, 0.25) is 0 Å². The number of rotatable bonds is 2. The van der Waals surface area contributed by atoms with Crippen molar-refractivity contribution in [3.8, 4) is 0 Å². The number of carbonyl (C=O) groups is 2. The average molecular weight is 290 g/mol. The molecule has 0 saturated carbocycles. The first-order valence-corrected chi connectivity index (χ1v) is 7.97. The molecule has 0 spiro atoms. The van der Waals surface area contributed by atoms with Crippen molar-refractivity contribution in [3.63, 3.8) is 0 Å². The highest BCUT2D eigenvalue weighted by atomic mass is 32.2. The Morgan fingerprint density at radius 3 is 2.37 bits per heavy atom. The fraction of sp³-hybridized carbons (Fsp3) is 0.800. The number of carbonyl (C=O) groups excluding carboxylic acids is 2. The molecule has 2 saturated heterocycles. The number of sulfonamides is 1. The third kappa shape index (κ3) is 3.43. The SMILES string of the molecule is CS(=O)(=O)N1CCN(C(=O)C2CNC(=O)CN2)CC1. The van der Waals surface area contributed by atoms with Crippen molar-refractivity contribution in [2.45, 2.75) is 6.04 Å². The number of nitrogens with one attached hydrogen (secondary N) is 2. The molecule has 0 aromatic rings. The highest BCUT2D eigenvalue weighted by Gasteiger charge is 2.31. The Kier molecular flexibility index (Phi) is 4.07. The van der Waals surface area contributed by atoms with E-state index in [-0.39, 0.29) is 24.9 Å². The molecular formula is C10H18N4O4S. The van der Waals surface area contributed by atoms with Crippen LogP contribution in [-0.4, -0.2) is 81.0 Å². The Balaban J connectivity index is 1.87. The van der Waals surface area contributed by atoms with Gasteiger partial charge in [-0.25, -0.2) is 8.42 Å². The van der Waals surface area contributed by atoms with Crippen LogP contribution >= 0.6 is 0 Å². The summed E-state index contributed by atoms with van der Waals surface area (Å²) in [5, 5.41) is 5.50. The van der Waals surface area contributed by atoms with E-state index in [0.29, 0.717) is 26.2 Å². The average Bonchev–Trinajstić information content (AvgIpc) is 2.38. The van der Waals surface area contributed by atoms with Gasteiger partial charge in [0.1, 0.15) is 6.04 Å². The standard InChI is InChI=1S/C10H18N4O4S/c1-19(17,18)14-4-2-13(3-5-14)10(16)8-6-12-9(15)7-11-8/h8,11H,2-7H2,1H3,(H,12,15). The molecule has 0 aliphatic carbocycles. The Morgan fingerprint density at radius 1 is 1.26 bits per heavy atom. The first-order chi connectivity index (χ1) is 8.88. The summed E-state index contributed by atoms with van der Waals surface area (Å²) in [6.45, 7) is 1.84. The molecule has 2 amide bonds. The molecule has 19 heavy (non-hydrogen) atoms. The van der Waals surface area contributed by atoms with E-state index in [0.717, 1.165) is 0 Å². The van der Waals surface area contributed by atoms with Crippen LogP contribution in [0, 0.1) is 0 Å². The molecule has 1 unspecified atom stereocenters. The maximum atomic E-state index is 12.2. The summed E-state index contributed by atoms with van der Waals surface area (Å²) in [5.41, 5.74) is 0. The normalized spacial score (nSPS) is 26.1. The fourth-order valence-corrected chi connectivity index (χ4v) is 3.03. The van der Waals surface area contributed by atoms with Crippen LogP contribution in [0.1, 0.15) is 0 Å². The van der Waals surface area contributed by atoms with Gasteiger partial charge in [0.2, 0.25) is 21.8 Å². The summed E-state index contributed by atoms with van der Waals surface area (Å²) >= 11 is 0. The van der Waals surface area contributed by atoms with Gasteiger partial charge < -0.3 is 10.2 Å². The van der Waals surface area contributed by atoms with Gasteiger partial charge in [-0.2, -0.15) is 4.31 Å². The summed E-state index contributed by atoms with van der Waals surface area (Å²) in [6.07, 6.45) is 1.17. The Bertz CT molecular complexity index is 460. The van der Waals surface area contributed by atoms with Crippen LogP contribution in [0.3, 0.4) is 0 Å². The Morgan fingerprint density at radius 2 is 1.89 bits per heavy atom. The van der Waals surface area contributed by atoms with Crippen LogP contribution in [-0.2, 0) is 19.6 Å². The molecule has 2 aliphatic rings. The molecular weight excluding hydrogens is 272 g/mol.